The van der Waals surface area contributed by atoms with Gasteiger partial charge in [0.15, 0.2) is 0 Å². The Morgan fingerprint density at radius 3 is 2.76 bits per heavy atom. The third kappa shape index (κ3) is 5.08. The second-order valence-corrected chi connectivity index (χ2v) is 8.33. The fraction of sp³-hybridized carbons (Fsp3) is 0.368. The number of methoxy groups -OCH3 is 1. The summed E-state index contributed by atoms with van der Waals surface area (Å²) in [5.41, 5.74) is 0.143. The van der Waals surface area contributed by atoms with Crippen molar-refractivity contribution >= 4 is 21.7 Å². The van der Waals surface area contributed by atoms with E-state index in [1.807, 2.05) is 0 Å². The molecule has 8 nitrogen and oxygen atoms in total. The summed E-state index contributed by atoms with van der Waals surface area (Å²) >= 11 is 0. The average molecular weight is 423 g/mol. The Kier molecular flexibility index (Phi) is 6.46. The van der Waals surface area contributed by atoms with Crippen LogP contribution in [0.25, 0.3) is 0 Å². The molecule has 2 aromatic rings. The van der Waals surface area contributed by atoms with Gasteiger partial charge in [-0.05, 0) is 50.1 Å². The van der Waals surface area contributed by atoms with E-state index in [0.717, 1.165) is 6.42 Å². The van der Waals surface area contributed by atoms with Gasteiger partial charge in [-0.15, -0.1) is 0 Å². The molecule has 10 heteroatoms. The van der Waals surface area contributed by atoms with Gasteiger partial charge < -0.3 is 14.8 Å². The molecule has 0 radical (unpaired) electrons. The lowest BCUT2D eigenvalue weighted by Crippen LogP contribution is -2.40. The van der Waals surface area contributed by atoms with Gasteiger partial charge in [-0.3, -0.25) is 4.79 Å². The number of carbonyl (C=O) groups is 1. The number of nitrogens with one attached hydrogen (secondary N) is 2. The molecule has 2 heterocycles. The summed E-state index contributed by atoms with van der Waals surface area (Å²) in [6.07, 6.45) is 1.45. The number of pyridine rings is 1. The van der Waals surface area contributed by atoms with E-state index in [0.29, 0.717) is 19.6 Å². The highest BCUT2D eigenvalue weighted by molar-refractivity contribution is 7.89. The Morgan fingerprint density at radius 1 is 1.31 bits per heavy atom. The van der Waals surface area contributed by atoms with Gasteiger partial charge in [-0.25, -0.2) is 22.5 Å². The highest BCUT2D eigenvalue weighted by Crippen LogP contribution is 2.24. The lowest BCUT2D eigenvalue weighted by atomic mass is 10.1. The van der Waals surface area contributed by atoms with Crippen LogP contribution in [-0.4, -0.2) is 45.7 Å². The van der Waals surface area contributed by atoms with Gasteiger partial charge in [-0.1, -0.05) is 0 Å². The van der Waals surface area contributed by atoms with E-state index >= 15 is 0 Å². The first-order valence-corrected chi connectivity index (χ1v) is 10.5. The van der Waals surface area contributed by atoms with E-state index in [1.165, 1.54) is 44.4 Å². The largest absolute Gasteiger partial charge is 0.496 e. The number of aryl methyl sites for hydroxylation is 1. The van der Waals surface area contributed by atoms with Gasteiger partial charge in [0.05, 0.1) is 29.9 Å². The van der Waals surface area contributed by atoms with E-state index in [9.17, 15) is 17.6 Å². The Hall–Kier alpha value is -2.56. The Morgan fingerprint density at radius 2 is 2.10 bits per heavy atom. The normalized spacial score (nSPS) is 17.0. The minimum absolute atomic E-state index is 0.0130. The number of hydrogen-bond donors (Lipinski definition) is 2. The molecular formula is C19H22FN3O5S. The van der Waals surface area contributed by atoms with Gasteiger partial charge in [0.2, 0.25) is 10.0 Å². The van der Waals surface area contributed by atoms with Crippen molar-refractivity contribution in [1.82, 2.24) is 9.71 Å². The molecule has 3 rings (SSSR count). The zero-order valence-corrected chi connectivity index (χ0v) is 16.9. The Balaban J connectivity index is 1.85. The first kappa shape index (κ1) is 21.2. The van der Waals surface area contributed by atoms with Gasteiger partial charge in [0.1, 0.15) is 17.4 Å². The van der Waals surface area contributed by atoms with Crippen molar-refractivity contribution < 1.29 is 27.1 Å². The second-order valence-electron chi connectivity index (χ2n) is 6.62. The summed E-state index contributed by atoms with van der Waals surface area (Å²) in [6, 6.07) is 6.19. The zero-order valence-electron chi connectivity index (χ0n) is 16.1. The van der Waals surface area contributed by atoms with Crippen molar-refractivity contribution in [2.45, 2.75) is 30.7 Å². The molecule has 1 saturated heterocycles. The van der Waals surface area contributed by atoms with Crippen molar-refractivity contribution in [2.75, 3.05) is 25.6 Å². The number of amides is 1. The number of carbonyl (C=O) groups excluding carboxylic acids is 1. The van der Waals surface area contributed by atoms with Crippen molar-refractivity contribution in [3.63, 3.8) is 0 Å². The number of halogens is 1. The van der Waals surface area contributed by atoms with Crippen molar-refractivity contribution in [3.8, 4) is 5.75 Å². The zero-order chi connectivity index (χ0) is 21.0. The second kappa shape index (κ2) is 8.85. The number of benzene rings is 1. The van der Waals surface area contributed by atoms with Crippen LogP contribution in [0, 0.1) is 12.7 Å². The number of sulfonamides is 1. The highest BCUT2D eigenvalue weighted by Gasteiger charge is 2.24. The summed E-state index contributed by atoms with van der Waals surface area (Å²) in [5.74, 6) is -0.784. The maximum Gasteiger partial charge on any atom is 0.260 e. The predicted octanol–water partition coefficient (Wildman–Crippen LogP) is 2.25. The van der Waals surface area contributed by atoms with Crippen LogP contribution < -0.4 is 14.8 Å². The van der Waals surface area contributed by atoms with E-state index < -0.39 is 21.7 Å². The third-order valence-electron chi connectivity index (χ3n) is 4.47. The molecule has 1 fully saturated rings. The molecule has 1 aliphatic heterocycles. The van der Waals surface area contributed by atoms with E-state index in [2.05, 4.69) is 15.0 Å². The number of ether oxygens (including phenoxy) is 2. The molecule has 156 valence electrons. The SMILES string of the molecule is COc1ccc(S(=O)(=O)N[C@@H]2CCCOC2)cc1C(=O)Nc1ccc(F)c(C)n1. The van der Waals surface area contributed by atoms with Crippen LogP contribution >= 0.6 is 0 Å². The number of nitrogens with zero attached hydrogens (tertiary/aromatic N) is 1. The molecule has 0 spiro atoms. The first-order valence-electron chi connectivity index (χ1n) is 9.03. The minimum atomic E-state index is -3.86. The summed E-state index contributed by atoms with van der Waals surface area (Å²) < 4.78 is 51.9. The molecule has 1 amide bonds. The molecule has 1 aromatic heterocycles. The molecule has 1 aromatic carbocycles. The van der Waals surface area contributed by atoms with Crippen LogP contribution in [0.5, 0.6) is 5.75 Å². The summed E-state index contributed by atoms with van der Waals surface area (Å²) in [5, 5.41) is 2.53. The molecule has 29 heavy (non-hydrogen) atoms. The standard InChI is InChI=1S/C19H22FN3O5S/c1-12-16(20)6-8-18(21-12)22-19(24)15-10-14(5-7-17(15)27-2)29(25,26)23-13-4-3-9-28-11-13/h5-8,10,13,23H,3-4,9,11H2,1-2H3,(H,21,22,24)/t13-/m1/s1. The monoisotopic (exact) mass is 423 g/mol. The van der Waals surface area contributed by atoms with E-state index in [4.69, 9.17) is 9.47 Å². The van der Waals surface area contributed by atoms with Gasteiger partial charge in [-0.2, -0.15) is 0 Å². The number of rotatable bonds is 6. The van der Waals surface area contributed by atoms with Crippen molar-refractivity contribution in [3.05, 3.63) is 47.4 Å². The lowest BCUT2D eigenvalue weighted by molar-refractivity contribution is 0.0774. The quantitative estimate of drug-likeness (QED) is 0.738. The van der Waals surface area contributed by atoms with Gasteiger partial charge in [0, 0.05) is 12.6 Å². The summed E-state index contributed by atoms with van der Waals surface area (Å²) in [4.78, 5) is 16.6. The van der Waals surface area contributed by atoms with Gasteiger partial charge >= 0.3 is 0 Å². The van der Waals surface area contributed by atoms with Gasteiger partial charge in [0.25, 0.3) is 5.91 Å². The van der Waals surface area contributed by atoms with Crippen LogP contribution in [0.4, 0.5) is 10.2 Å². The number of hydrogen-bond acceptors (Lipinski definition) is 6. The molecule has 0 aliphatic carbocycles. The van der Waals surface area contributed by atoms with Crippen LogP contribution in [0.15, 0.2) is 35.2 Å². The van der Waals surface area contributed by atoms with Crippen LogP contribution in [0.1, 0.15) is 28.9 Å². The average Bonchev–Trinajstić information content (AvgIpc) is 2.70. The molecule has 2 N–H and O–H groups in total. The summed E-state index contributed by atoms with van der Waals surface area (Å²) in [7, 11) is -2.48. The molecule has 0 unspecified atom stereocenters. The van der Waals surface area contributed by atoms with Crippen molar-refractivity contribution in [1.29, 1.82) is 0 Å². The minimum Gasteiger partial charge on any atom is -0.496 e. The molecule has 0 bridgehead atoms. The molecule has 0 saturated carbocycles. The van der Waals surface area contributed by atoms with Crippen molar-refractivity contribution in [2.24, 2.45) is 0 Å². The van der Waals surface area contributed by atoms with Crippen LogP contribution in [0.2, 0.25) is 0 Å². The molecular weight excluding hydrogens is 401 g/mol. The third-order valence-corrected chi connectivity index (χ3v) is 5.99. The van der Waals surface area contributed by atoms with E-state index in [1.54, 1.807) is 0 Å². The number of aromatic nitrogens is 1. The highest BCUT2D eigenvalue weighted by atomic mass is 32.2. The topological polar surface area (TPSA) is 107 Å². The number of anilines is 1. The maximum absolute atomic E-state index is 13.4. The van der Waals surface area contributed by atoms with Crippen LogP contribution in [-0.2, 0) is 14.8 Å². The fourth-order valence-electron chi connectivity index (χ4n) is 2.95. The Bertz CT molecular complexity index is 1010. The van der Waals surface area contributed by atoms with Crippen LogP contribution in [0.3, 0.4) is 0 Å². The summed E-state index contributed by atoms with van der Waals surface area (Å²) in [6.45, 7) is 2.39. The Labute approximate surface area is 168 Å². The molecule has 1 atom stereocenters. The fourth-order valence-corrected chi connectivity index (χ4v) is 4.23. The smallest absolute Gasteiger partial charge is 0.260 e. The van der Waals surface area contributed by atoms with E-state index in [-0.39, 0.29) is 33.8 Å². The lowest BCUT2D eigenvalue weighted by Gasteiger charge is -2.23. The predicted molar refractivity (Wildman–Crippen MR) is 104 cm³/mol. The molecule has 1 aliphatic rings. The first-order chi connectivity index (χ1) is 13.8. The maximum atomic E-state index is 13.4.